The molecule has 0 saturated carbocycles. The van der Waals surface area contributed by atoms with Crippen molar-refractivity contribution in [3.63, 3.8) is 0 Å². The lowest BCUT2D eigenvalue weighted by Crippen LogP contribution is -2.05. The smallest absolute Gasteiger partial charge is 0.310 e. The molecule has 0 amide bonds. The third-order valence-corrected chi connectivity index (χ3v) is 3.08. The predicted octanol–water partition coefficient (Wildman–Crippen LogP) is 2.82. The topological polar surface area (TPSA) is 26.3 Å². The van der Waals surface area contributed by atoms with E-state index in [1.54, 1.807) is 11.8 Å². The highest BCUT2D eigenvalue weighted by molar-refractivity contribution is 7.99. The number of carbonyl (C=O) groups excluding carboxylic acids is 1. The van der Waals surface area contributed by atoms with E-state index in [4.69, 9.17) is 0 Å². The van der Waals surface area contributed by atoms with Gasteiger partial charge in [-0.25, -0.2) is 0 Å². The van der Waals surface area contributed by atoms with Crippen LogP contribution >= 0.6 is 11.8 Å². The van der Waals surface area contributed by atoms with Crippen LogP contribution < -0.4 is 0 Å². The van der Waals surface area contributed by atoms with Crippen molar-refractivity contribution in [3.8, 4) is 0 Å². The largest absolute Gasteiger partial charge is 0.469 e. The first-order valence-corrected chi connectivity index (χ1v) is 5.95. The first-order valence-electron chi connectivity index (χ1n) is 4.96. The highest BCUT2D eigenvalue weighted by atomic mass is 32.2. The number of esters is 1. The Morgan fingerprint density at radius 3 is 2.80 bits per heavy atom. The molecule has 1 rings (SSSR count). The summed E-state index contributed by atoms with van der Waals surface area (Å²) in [5.74, 6) is 0.829. The van der Waals surface area contributed by atoms with Crippen molar-refractivity contribution in [2.45, 2.75) is 25.2 Å². The van der Waals surface area contributed by atoms with Gasteiger partial charge in [0.25, 0.3) is 0 Å². The molecular formula is C12H16O2S. The molecule has 2 nitrogen and oxygen atoms in total. The summed E-state index contributed by atoms with van der Waals surface area (Å²) in [6.45, 7) is 4.13. The zero-order chi connectivity index (χ0) is 11.3. The van der Waals surface area contributed by atoms with E-state index in [-0.39, 0.29) is 5.97 Å². The van der Waals surface area contributed by atoms with Crippen molar-refractivity contribution in [1.29, 1.82) is 0 Å². The van der Waals surface area contributed by atoms with Crippen molar-refractivity contribution in [3.05, 3.63) is 29.3 Å². The maximum atomic E-state index is 11.2. The third kappa shape index (κ3) is 3.59. The van der Waals surface area contributed by atoms with Gasteiger partial charge in [0.15, 0.2) is 0 Å². The van der Waals surface area contributed by atoms with E-state index in [1.165, 1.54) is 17.6 Å². The fraction of sp³-hybridized carbons (Fsp3) is 0.417. The van der Waals surface area contributed by atoms with Gasteiger partial charge in [-0.2, -0.15) is 0 Å². The van der Waals surface area contributed by atoms with Gasteiger partial charge in [0.05, 0.1) is 13.5 Å². The molecule has 0 atom stereocenters. The van der Waals surface area contributed by atoms with Gasteiger partial charge in [-0.15, -0.1) is 11.8 Å². The van der Waals surface area contributed by atoms with Crippen LogP contribution in [0.1, 0.15) is 18.1 Å². The minimum atomic E-state index is -0.182. The normalized spacial score (nSPS) is 10.1. The van der Waals surface area contributed by atoms with E-state index in [0.717, 1.165) is 11.3 Å². The van der Waals surface area contributed by atoms with Crippen LogP contribution in [0.5, 0.6) is 0 Å². The monoisotopic (exact) mass is 224 g/mol. The highest BCUT2D eigenvalue weighted by Crippen LogP contribution is 2.24. The van der Waals surface area contributed by atoms with Gasteiger partial charge in [0.2, 0.25) is 0 Å². The molecule has 0 aliphatic carbocycles. The number of ether oxygens (including phenoxy) is 1. The molecule has 82 valence electrons. The molecule has 0 bridgehead atoms. The van der Waals surface area contributed by atoms with Crippen LogP contribution in [-0.2, 0) is 16.0 Å². The average molecular weight is 224 g/mol. The van der Waals surface area contributed by atoms with Gasteiger partial charge < -0.3 is 4.74 Å². The summed E-state index contributed by atoms with van der Waals surface area (Å²) in [4.78, 5) is 12.4. The van der Waals surface area contributed by atoms with Crippen LogP contribution in [0.2, 0.25) is 0 Å². The summed E-state index contributed by atoms with van der Waals surface area (Å²) in [6.07, 6.45) is 0.362. The Kier molecular flexibility index (Phi) is 4.69. The number of methoxy groups -OCH3 is 1. The quantitative estimate of drug-likeness (QED) is 0.581. The maximum Gasteiger partial charge on any atom is 0.310 e. The minimum Gasteiger partial charge on any atom is -0.469 e. The Morgan fingerprint density at radius 1 is 1.47 bits per heavy atom. The van der Waals surface area contributed by atoms with Gasteiger partial charge >= 0.3 is 5.97 Å². The van der Waals surface area contributed by atoms with Crippen molar-refractivity contribution in [2.24, 2.45) is 0 Å². The molecule has 0 radical (unpaired) electrons. The summed E-state index contributed by atoms with van der Waals surface area (Å²) in [5.41, 5.74) is 2.24. The molecule has 0 aromatic heterocycles. The number of hydrogen-bond donors (Lipinski definition) is 0. The summed E-state index contributed by atoms with van der Waals surface area (Å²) >= 11 is 1.76. The Labute approximate surface area is 95.0 Å². The van der Waals surface area contributed by atoms with E-state index in [9.17, 15) is 4.79 Å². The molecule has 0 saturated heterocycles. The van der Waals surface area contributed by atoms with Crippen LogP contribution in [0.3, 0.4) is 0 Å². The van der Waals surface area contributed by atoms with E-state index in [0.29, 0.717) is 6.42 Å². The minimum absolute atomic E-state index is 0.182. The van der Waals surface area contributed by atoms with Crippen LogP contribution in [0.25, 0.3) is 0 Å². The molecular weight excluding hydrogens is 208 g/mol. The van der Waals surface area contributed by atoms with Crippen LogP contribution in [0.4, 0.5) is 0 Å². The van der Waals surface area contributed by atoms with Crippen LogP contribution in [-0.4, -0.2) is 18.8 Å². The van der Waals surface area contributed by atoms with Crippen molar-refractivity contribution >= 4 is 17.7 Å². The zero-order valence-electron chi connectivity index (χ0n) is 9.37. The van der Waals surface area contributed by atoms with Gasteiger partial charge in [0.1, 0.15) is 0 Å². The zero-order valence-corrected chi connectivity index (χ0v) is 10.2. The molecule has 0 unspecified atom stereocenters. The number of rotatable bonds is 4. The van der Waals surface area contributed by atoms with Crippen LogP contribution in [0, 0.1) is 6.92 Å². The van der Waals surface area contributed by atoms with Crippen molar-refractivity contribution in [1.82, 2.24) is 0 Å². The summed E-state index contributed by atoms with van der Waals surface area (Å²) in [5, 5.41) is 0. The molecule has 0 aliphatic heterocycles. The lowest BCUT2D eigenvalue weighted by atomic mass is 10.1. The van der Waals surface area contributed by atoms with E-state index < -0.39 is 0 Å². The lowest BCUT2D eigenvalue weighted by molar-refractivity contribution is -0.139. The van der Waals surface area contributed by atoms with Crippen molar-refractivity contribution in [2.75, 3.05) is 12.9 Å². The molecule has 0 aliphatic rings. The van der Waals surface area contributed by atoms with E-state index in [1.807, 2.05) is 6.92 Å². The number of carbonyl (C=O) groups is 1. The molecule has 0 fully saturated rings. The highest BCUT2D eigenvalue weighted by Gasteiger charge is 2.08. The molecule has 1 aromatic rings. The molecule has 0 heterocycles. The summed E-state index contributed by atoms with van der Waals surface area (Å²) in [7, 11) is 1.42. The third-order valence-electron chi connectivity index (χ3n) is 2.08. The molecule has 3 heteroatoms. The SMILES string of the molecule is CCSc1ccc(C)cc1CC(=O)OC. The molecule has 15 heavy (non-hydrogen) atoms. The molecule has 1 aromatic carbocycles. The second-order valence-electron chi connectivity index (χ2n) is 3.30. The molecule has 0 N–H and O–H groups in total. The number of aryl methyl sites for hydroxylation is 1. The van der Waals surface area contributed by atoms with Crippen molar-refractivity contribution < 1.29 is 9.53 Å². The fourth-order valence-corrected chi connectivity index (χ4v) is 2.16. The lowest BCUT2D eigenvalue weighted by Gasteiger charge is -2.08. The fourth-order valence-electron chi connectivity index (χ4n) is 1.37. The average Bonchev–Trinajstić information content (AvgIpc) is 2.22. The van der Waals surface area contributed by atoms with Gasteiger partial charge in [-0.3, -0.25) is 4.79 Å². The maximum absolute atomic E-state index is 11.2. The number of hydrogen-bond acceptors (Lipinski definition) is 3. The Bertz CT molecular complexity index is 347. The van der Waals surface area contributed by atoms with Crippen LogP contribution in [0.15, 0.2) is 23.1 Å². The second kappa shape index (κ2) is 5.81. The standard InChI is InChI=1S/C12H16O2S/c1-4-15-11-6-5-9(2)7-10(11)8-12(13)14-3/h5-7H,4,8H2,1-3H3. The molecule has 0 spiro atoms. The number of benzene rings is 1. The Balaban J connectivity index is 2.91. The van der Waals surface area contributed by atoms with Gasteiger partial charge in [-0.05, 0) is 24.3 Å². The Morgan fingerprint density at radius 2 is 2.20 bits per heavy atom. The Hall–Kier alpha value is -0.960. The predicted molar refractivity (Wildman–Crippen MR) is 63.3 cm³/mol. The first kappa shape index (κ1) is 12.1. The number of thioether (sulfide) groups is 1. The van der Waals surface area contributed by atoms with E-state index in [2.05, 4.69) is 29.9 Å². The van der Waals surface area contributed by atoms with Gasteiger partial charge in [0, 0.05) is 4.90 Å². The summed E-state index contributed by atoms with van der Waals surface area (Å²) < 4.78 is 4.68. The summed E-state index contributed by atoms with van der Waals surface area (Å²) in [6, 6.07) is 6.19. The van der Waals surface area contributed by atoms with Gasteiger partial charge in [-0.1, -0.05) is 24.6 Å². The van der Waals surface area contributed by atoms with E-state index >= 15 is 0 Å². The second-order valence-corrected chi connectivity index (χ2v) is 4.60. The first-order chi connectivity index (χ1) is 7.17.